The quantitative estimate of drug-likeness (QED) is 0.616. The number of carbonyl (C=O) groups excluding carboxylic acids is 1. The van der Waals surface area contributed by atoms with E-state index in [1.165, 1.54) is 0 Å². The van der Waals surface area contributed by atoms with Crippen molar-refractivity contribution in [1.29, 1.82) is 0 Å². The van der Waals surface area contributed by atoms with Crippen LogP contribution in [0.1, 0.15) is 49.3 Å². The van der Waals surface area contributed by atoms with E-state index < -0.39 is 18.0 Å². The fourth-order valence-electron chi connectivity index (χ4n) is 2.58. The first-order valence-corrected chi connectivity index (χ1v) is 9.05. The molecule has 0 aliphatic carbocycles. The van der Waals surface area contributed by atoms with Gasteiger partial charge in [0.25, 0.3) is 0 Å². The van der Waals surface area contributed by atoms with Crippen molar-refractivity contribution in [2.75, 3.05) is 14.2 Å². The third-order valence-electron chi connectivity index (χ3n) is 3.81. The molecule has 0 fully saturated rings. The predicted molar refractivity (Wildman–Crippen MR) is 109 cm³/mol. The molecule has 0 saturated carbocycles. The highest BCUT2D eigenvalue weighted by atomic mass is 16.7. The molecule has 0 bridgehead atoms. The minimum Gasteiger partial charge on any atom is -0.444 e. The lowest BCUT2D eigenvalue weighted by Gasteiger charge is -2.19. The first-order valence-electron chi connectivity index (χ1n) is 9.05. The Kier molecular flexibility index (Phi) is 7.62. The summed E-state index contributed by atoms with van der Waals surface area (Å²) in [6.45, 7) is 5.82. The Morgan fingerprint density at radius 3 is 2.18 bits per heavy atom. The molecule has 5 heteroatoms. The lowest BCUT2D eigenvalue weighted by Crippen LogP contribution is -2.32. The van der Waals surface area contributed by atoms with E-state index in [1.54, 1.807) is 14.2 Å². The van der Waals surface area contributed by atoms with Crippen LogP contribution in [0.5, 0.6) is 0 Å². The summed E-state index contributed by atoms with van der Waals surface area (Å²) in [5.41, 5.74) is 2.90. The van der Waals surface area contributed by atoms with Crippen LogP contribution in [0.15, 0.2) is 48.5 Å². The molecule has 2 aromatic carbocycles. The predicted octanol–water partition coefficient (Wildman–Crippen LogP) is 4.40. The summed E-state index contributed by atoms with van der Waals surface area (Å²) >= 11 is 0. The zero-order chi connectivity index (χ0) is 20.6. The molecular formula is C23H27NO4. The topological polar surface area (TPSA) is 56.8 Å². The van der Waals surface area contributed by atoms with Crippen LogP contribution >= 0.6 is 0 Å². The number of carbonyl (C=O) groups is 1. The lowest BCUT2D eigenvalue weighted by molar-refractivity contribution is -0.106. The molecular weight excluding hydrogens is 354 g/mol. The largest absolute Gasteiger partial charge is 0.444 e. The van der Waals surface area contributed by atoms with E-state index >= 15 is 0 Å². The molecule has 0 aliphatic rings. The fourth-order valence-corrected chi connectivity index (χ4v) is 2.58. The highest BCUT2D eigenvalue weighted by Gasteiger charge is 2.16. The maximum absolute atomic E-state index is 11.9. The summed E-state index contributed by atoms with van der Waals surface area (Å²) in [7, 11) is 3.19. The summed E-state index contributed by atoms with van der Waals surface area (Å²) in [6.07, 6.45) is -0.932. The summed E-state index contributed by atoms with van der Waals surface area (Å²) < 4.78 is 16.0. The van der Waals surface area contributed by atoms with Gasteiger partial charge in [0.05, 0.1) is 0 Å². The summed E-state index contributed by atoms with van der Waals surface area (Å²) in [5.74, 6) is 6.38. The third kappa shape index (κ3) is 6.41. The molecule has 1 N–H and O–H groups in total. The molecule has 0 radical (unpaired) electrons. The molecule has 0 unspecified atom stereocenters. The van der Waals surface area contributed by atoms with Crippen LogP contribution in [0.3, 0.4) is 0 Å². The van der Waals surface area contributed by atoms with Gasteiger partial charge in [-0.2, -0.15) is 0 Å². The Morgan fingerprint density at radius 2 is 1.54 bits per heavy atom. The van der Waals surface area contributed by atoms with E-state index in [4.69, 9.17) is 14.2 Å². The Labute approximate surface area is 167 Å². The van der Waals surface area contributed by atoms with Gasteiger partial charge in [0.15, 0.2) is 6.29 Å². The van der Waals surface area contributed by atoms with Crippen molar-refractivity contribution >= 4 is 6.09 Å². The van der Waals surface area contributed by atoms with Gasteiger partial charge in [0, 0.05) is 37.5 Å². The van der Waals surface area contributed by atoms with E-state index in [0.717, 1.165) is 22.3 Å². The molecule has 2 rings (SSSR count). The van der Waals surface area contributed by atoms with Gasteiger partial charge in [-0.15, -0.1) is 0 Å². The first-order chi connectivity index (χ1) is 13.3. The van der Waals surface area contributed by atoms with Crippen LogP contribution in [0.4, 0.5) is 4.79 Å². The van der Waals surface area contributed by atoms with E-state index in [1.807, 2.05) is 69.3 Å². The standard InChI is InChI=1S/C23H27NO4/c1-23(2,3)28-22(25)24-16-19-12-7-6-10-17(19)14-15-18-11-8-9-13-20(18)21(26-4)27-5/h6-13,21H,16H2,1-5H3,(H,24,25). The molecule has 5 nitrogen and oxygen atoms in total. The Morgan fingerprint density at radius 1 is 0.964 bits per heavy atom. The van der Waals surface area contributed by atoms with Gasteiger partial charge in [-0.05, 0) is 38.5 Å². The van der Waals surface area contributed by atoms with Crippen molar-refractivity contribution in [1.82, 2.24) is 5.32 Å². The molecule has 0 saturated heterocycles. The summed E-state index contributed by atoms with van der Waals surface area (Å²) in [5, 5.41) is 2.77. The smallest absolute Gasteiger partial charge is 0.407 e. The van der Waals surface area contributed by atoms with E-state index in [0.29, 0.717) is 6.54 Å². The van der Waals surface area contributed by atoms with Gasteiger partial charge in [0.1, 0.15) is 5.60 Å². The second kappa shape index (κ2) is 9.93. The summed E-state index contributed by atoms with van der Waals surface area (Å²) in [4.78, 5) is 11.9. The number of benzene rings is 2. The average molecular weight is 381 g/mol. The highest BCUT2D eigenvalue weighted by molar-refractivity contribution is 5.67. The molecule has 148 valence electrons. The minimum absolute atomic E-state index is 0.334. The van der Waals surface area contributed by atoms with Crippen molar-refractivity contribution in [3.8, 4) is 11.8 Å². The zero-order valence-corrected chi connectivity index (χ0v) is 17.0. The molecule has 28 heavy (non-hydrogen) atoms. The Balaban J connectivity index is 2.21. The van der Waals surface area contributed by atoms with Crippen molar-refractivity contribution in [3.05, 3.63) is 70.8 Å². The van der Waals surface area contributed by atoms with E-state index in [9.17, 15) is 4.79 Å². The number of alkyl carbamates (subject to hydrolysis) is 1. The molecule has 1 amide bonds. The minimum atomic E-state index is -0.535. The number of nitrogens with one attached hydrogen (secondary N) is 1. The normalized spacial score (nSPS) is 10.9. The number of amides is 1. The van der Waals surface area contributed by atoms with Crippen LogP contribution in [0.25, 0.3) is 0 Å². The van der Waals surface area contributed by atoms with Gasteiger partial charge in [-0.25, -0.2) is 4.79 Å². The molecule has 0 aliphatic heterocycles. The Bertz CT molecular complexity index is 855. The van der Waals surface area contributed by atoms with Gasteiger partial charge < -0.3 is 19.5 Å². The molecule has 2 aromatic rings. The maximum Gasteiger partial charge on any atom is 0.407 e. The van der Waals surface area contributed by atoms with Gasteiger partial charge in [-0.1, -0.05) is 48.2 Å². The monoisotopic (exact) mass is 381 g/mol. The molecule has 0 aromatic heterocycles. The zero-order valence-electron chi connectivity index (χ0n) is 17.0. The Hall–Kier alpha value is -2.81. The van der Waals surface area contributed by atoms with E-state index in [2.05, 4.69) is 17.2 Å². The van der Waals surface area contributed by atoms with Crippen LogP contribution < -0.4 is 5.32 Å². The second-order valence-electron chi connectivity index (χ2n) is 7.15. The second-order valence-corrected chi connectivity index (χ2v) is 7.15. The number of hydrogen-bond donors (Lipinski definition) is 1. The average Bonchev–Trinajstić information content (AvgIpc) is 2.66. The number of rotatable bonds is 5. The van der Waals surface area contributed by atoms with Crippen molar-refractivity contribution in [2.24, 2.45) is 0 Å². The van der Waals surface area contributed by atoms with Gasteiger partial charge in [-0.3, -0.25) is 0 Å². The van der Waals surface area contributed by atoms with E-state index in [-0.39, 0.29) is 0 Å². The number of ether oxygens (including phenoxy) is 3. The van der Waals surface area contributed by atoms with Crippen molar-refractivity contribution in [3.63, 3.8) is 0 Å². The summed E-state index contributed by atoms with van der Waals surface area (Å²) in [6, 6.07) is 15.4. The number of methoxy groups -OCH3 is 2. The van der Waals surface area contributed by atoms with Crippen LogP contribution in [-0.2, 0) is 20.8 Å². The first kappa shape index (κ1) is 21.5. The lowest BCUT2D eigenvalue weighted by atomic mass is 10.0. The maximum atomic E-state index is 11.9. The molecule has 0 heterocycles. The fraction of sp³-hybridized carbons (Fsp3) is 0.348. The van der Waals surface area contributed by atoms with Gasteiger partial charge >= 0.3 is 6.09 Å². The van der Waals surface area contributed by atoms with Crippen molar-refractivity contribution < 1.29 is 19.0 Å². The number of hydrogen-bond acceptors (Lipinski definition) is 4. The third-order valence-corrected chi connectivity index (χ3v) is 3.81. The SMILES string of the molecule is COC(OC)c1ccccc1C#Cc1ccccc1CNC(=O)OC(C)(C)C. The van der Waals surface area contributed by atoms with Crippen LogP contribution in [0.2, 0.25) is 0 Å². The van der Waals surface area contributed by atoms with Crippen LogP contribution in [0, 0.1) is 11.8 Å². The van der Waals surface area contributed by atoms with Gasteiger partial charge in [0.2, 0.25) is 0 Å². The van der Waals surface area contributed by atoms with Crippen molar-refractivity contribution in [2.45, 2.75) is 39.2 Å². The highest BCUT2D eigenvalue weighted by Crippen LogP contribution is 2.21. The molecule has 0 spiro atoms. The van der Waals surface area contributed by atoms with Crippen LogP contribution in [-0.4, -0.2) is 25.9 Å². The molecule has 0 atom stereocenters.